The van der Waals surface area contributed by atoms with Crippen molar-refractivity contribution in [2.24, 2.45) is 0 Å². The third kappa shape index (κ3) is 3.24. The lowest BCUT2D eigenvalue weighted by Gasteiger charge is -2.24. The predicted molar refractivity (Wildman–Crippen MR) is 72.8 cm³/mol. The predicted octanol–water partition coefficient (Wildman–Crippen LogP) is 2.60. The molecule has 1 aliphatic carbocycles. The van der Waals surface area contributed by atoms with Crippen LogP contribution in [-0.2, 0) is 0 Å². The zero-order chi connectivity index (χ0) is 13.0. The molecule has 18 heavy (non-hydrogen) atoms. The fourth-order valence-electron chi connectivity index (χ4n) is 2.34. The third-order valence-electron chi connectivity index (χ3n) is 3.45. The van der Waals surface area contributed by atoms with E-state index in [1.807, 2.05) is 31.2 Å². The Morgan fingerprint density at radius 1 is 1.33 bits per heavy atom. The monoisotopic (exact) mass is 249 g/mol. The summed E-state index contributed by atoms with van der Waals surface area (Å²) in [7, 11) is 0. The number of para-hydroxylation sites is 1. The number of hydrogen-bond donors (Lipinski definition) is 1. The van der Waals surface area contributed by atoms with Gasteiger partial charge in [-0.2, -0.15) is 0 Å². The van der Waals surface area contributed by atoms with Crippen molar-refractivity contribution in [3.8, 4) is 5.75 Å². The molecule has 1 aliphatic rings. The van der Waals surface area contributed by atoms with Gasteiger partial charge in [0.25, 0.3) is 0 Å². The van der Waals surface area contributed by atoms with Crippen molar-refractivity contribution in [1.29, 1.82) is 0 Å². The lowest BCUT2D eigenvalue weighted by atomic mass is 10.1. The fraction of sp³-hybridized carbons (Fsp3) is 0.600. The van der Waals surface area contributed by atoms with E-state index in [9.17, 15) is 5.11 Å². The highest BCUT2D eigenvalue weighted by Crippen LogP contribution is 2.31. The SMILES string of the molecule is CCOc1ccccc1C(O)CN(CC)C1CC1. The summed E-state index contributed by atoms with van der Waals surface area (Å²) in [6.45, 7) is 6.44. The van der Waals surface area contributed by atoms with Gasteiger partial charge in [0.15, 0.2) is 0 Å². The molecule has 1 aromatic carbocycles. The van der Waals surface area contributed by atoms with Crippen LogP contribution in [0.4, 0.5) is 0 Å². The van der Waals surface area contributed by atoms with Crippen LogP contribution >= 0.6 is 0 Å². The summed E-state index contributed by atoms with van der Waals surface area (Å²) in [6.07, 6.45) is 2.08. The molecule has 1 unspecified atom stereocenters. The number of aliphatic hydroxyl groups excluding tert-OH is 1. The second-order valence-electron chi connectivity index (χ2n) is 4.81. The van der Waals surface area contributed by atoms with Gasteiger partial charge in [0, 0.05) is 18.2 Å². The molecule has 1 atom stereocenters. The van der Waals surface area contributed by atoms with Crippen LogP contribution in [0.2, 0.25) is 0 Å². The molecular formula is C15H23NO2. The number of likely N-dealkylation sites (N-methyl/N-ethyl adjacent to an activating group) is 1. The van der Waals surface area contributed by atoms with Crippen LogP contribution in [-0.4, -0.2) is 35.7 Å². The highest BCUT2D eigenvalue weighted by atomic mass is 16.5. The first-order valence-electron chi connectivity index (χ1n) is 6.90. The second kappa shape index (κ2) is 6.21. The van der Waals surface area contributed by atoms with E-state index in [0.29, 0.717) is 19.2 Å². The Kier molecular flexibility index (Phi) is 4.61. The molecule has 0 heterocycles. The van der Waals surface area contributed by atoms with Crippen molar-refractivity contribution < 1.29 is 9.84 Å². The van der Waals surface area contributed by atoms with Crippen LogP contribution in [0.25, 0.3) is 0 Å². The first-order chi connectivity index (χ1) is 8.76. The van der Waals surface area contributed by atoms with Crippen LogP contribution in [0.3, 0.4) is 0 Å². The van der Waals surface area contributed by atoms with Gasteiger partial charge in [0.2, 0.25) is 0 Å². The maximum atomic E-state index is 10.4. The molecule has 0 radical (unpaired) electrons. The van der Waals surface area contributed by atoms with Gasteiger partial charge in [-0.05, 0) is 32.4 Å². The van der Waals surface area contributed by atoms with E-state index < -0.39 is 6.10 Å². The van der Waals surface area contributed by atoms with Crippen LogP contribution in [0, 0.1) is 0 Å². The topological polar surface area (TPSA) is 32.7 Å². The van der Waals surface area contributed by atoms with Crippen molar-refractivity contribution in [2.75, 3.05) is 19.7 Å². The van der Waals surface area contributed by atoms with E-state index in [1.165, 1.54) is 12.8 Å². The zero-order valence-electron chi connectivity index (χ0n) is 11.3. The summed E-state index contributed by atoms with van der Waals surface area (Å²) in [5.41, 5.74) is 0.901. The molecule has 100 valence electrons. The van der Waals surface area contributed by atoms with Crippen molar-refractivity contribution in [3.05, 3.63) is 29.8 Å². The maximum Gasteiger partial charge on any atom is 0.125 e. The quantitative estimate of drug-likeness (QED) is 0.806. The van der Waals surface area contributed by atoms with Gasteiger partial charge < -0.3 is 9.84 Å². The molecule has 0 amide bonds. The summed E-state index contributed by atoms with van der Waals surface area (Å²) in [5.74, 6) is 0.805. The lowest BCUT2D eigenvalue weighted by molar-refractivity contribution is 0.109. The maximum absolute atomic E-state index is 10.4. The van der Waals surface area contributed by atoms with Crippen molar-refractivity contribution in [2.45, 2.75) is 38.8 Å². The molecule has 2 rings (SSSR count). The van der Waals surface area contributed by atoms with Crippen LogP contribution in [0.1, 0.15) is 38.4 Å². The number of rotatable bonds is 7. The van der Waals surface area contributed by atoms with Gasteiger partial charge in [-0.15, -0.1) is 0 Å². The molecule has 0 spiro atoms. The van der Waals surface area contributed by atoms with Gasteiger partial charge in [-0.25, -0.2) is 0 Å². The van der Waals surface area contributed by atoms with Crippen LogP contribution < -0.4 is 4.74 Å². The van der Waals surface area contributed by atoms with Crippen molar-refractivity contribution in [3.63, 3.8) is 0 Å². The number of nitrogens with zero attached hydrogens (tertiary/aromatic N) is 1. The summed E-state index contributed by atoms with van der Waals surface area (Å²) in [5, 5.41) is 10.4. The minimum absolute atomic E-state index is 0.465. The van der Waals surface area contributed by atoms with Gasteiger partial charge in [-0.3, -0.25) is 4.90 Å². The Morgan fingerprint density at radius 3 is 2.67 bits per heavy atom. The first-order valence-corrected chi connectivity index (χ1v) is 6.90. The molecule has 0 aliphatic heterocycles. The number of ether oxygens (including phenoxy) is 1. The van der Waals surface area contributed by atoms with Gasteiger partial charge in [-0.1, -0.05) is 25.1 Å². The Bertz CT molecular complexity index is 377. The zero-order valence-corrected chi connectivity index (χ0v) is 11.3. The average Bonchev–Trinajstić information content (AvgIpc) is 3.21. The molecule has 1 aromatic rings. The average molecular weight is 249 g/mol. The smallest absolute Gasteiger partial charge is 0.125 e. The van der Waals surface area contributed by atoms with Gasteiger partial charge in [0.1, 0.15) is 5.75 Å². The van der Waals surface area contributed by atoms with Crippen LogP contribution in [0.5, 0.6) is 5.75 Å². The highest BCUT2D eigenvalue weighted by molar-refractivity contribution is 5.35. The second-order valence-corrected chi connectivity index (χ2v) is 4.81. The molecular weight excluding hydrogens is 226 g/mol. The first kappa shape index (κ1) is 13.4. The van der Waals surface area contributed by atoms with E-state index in [2.05, 4.69) is 11.8 Å². The molecule has 3 nitrogen and oxygen atoms in total. The van der Waals surface area contributed by atoms with Crippen molar-refractivity contribution >= 4 is 0 Å². The standard InChI is InChI=1S/C15H23NO2/c1-3-16(12-9-10-12)11-14(17)13-7-5-6-8-15(13)18-4-2/h5-8,12,14,17H,3-4,9-11H2,1-2H3. The molecule has 1 saturated carbocycles. The van der Waals surface area contributed by atoms with E-state index in [4.69, 9.17) is 4.74 Å². The van der Waals surface area contributed by atoms with Gasteiger partial charge in [0.05, 0.1) is 12.7 Å². The Morgan fingerprint density at radius 2 is 2.06 bits per heavy atom. The lowest BCUT2D eigenvalue weighted by Crippen LogP contribution is -2.30. The Hall–Kier alpha value is -1.06. The molecule has 0 aromatic heterocycles. The number of hydrogen-bond acceptors (Lipinski definition) is 3. The molecule has 3 heteroatoms. The summed E-state index contributed by atoms with van der Waals surface area (Å²) in [4.78, 5) is 2.35. The summed E-state index contributed by atoms with van der Waals surface area (Å²) >= 11 is 0. The molecule has 1 fully saturated rings. The van der Waals surface area contributed by atoms with E-state index in [0.717, 1.165) is 17.9 Å². The van der Waals surface area contributed by atoms with Gasteiger partial charge >= 0.3 is 0 Å². The fourth-order valence-corrected chi connectivity index (χ4v) is 2.34. The summed E-state index contributed by atoms with van der Waals surface area (Å²) < 4.78 is 5.57. The normalized spacial score (nSPS) is 16.9. The van der Waals surface area contributed by atoms with E-state index >= 15 is 0 Å². The van der Waals surface area contributed by atoms with Crippen LogP contribution in [0.15, 0.2) is 24.3 Å². The Balaban J connectivity index is 2.04. The highest BCUT2D eigenvalue weighted by Gasteiger charge is 2.29. The number of benzene rings is 1. The molecule has 0 bridgehead atoms. The largest absolute Gasteiger partial charge is 0.493 e. The molecule has 1 N–H and O–H groups in total. The Labute approximate surface area is 109 Å². The van der Waals surface area contributed by atoms with E-state index in [-0.39, 0.29) is 0 Å². The third-order valence-corrected chi connectivity index (χ3v) is 3.45. The minimum Gasteiger partial charge on any atom is -0.493 e. The molecule has 0 saturated heterocycles. The minimum atomic E-state index is -0.465. The summed E-state index contributed by atoms with van der Waals surface area (Å²) in [6, 6.07) is 8.46. The van der Waals surface area contributed by atoms with Crippen molar-refractivity contribution in [1.82, 2.24) is 4.90 Å². The number of aliphatic hydroxyl groups is 1. The van der Waals surface area contributed by atoms with E-state index in [1.54, 1.807) is 0 Å².